The van der Waals surface area contributed by atoms with Crippen LogP contribution >= 0.6 is 11.6 Å². The summed E-state index contributed by atoms with van der Waals surface area (Å²) < 4.78 is 5.90. The number of hydrazone groups is 1. The number of hydrazine groups is 1. The molecule has 0 saturated carbocycles. The summed E-state index contributed by atoms with van der Waals surface area (Å²) in [4.78, 5) is 12.4. The molecule has 0 bridgehead atoms. The maximum Gasteiger partial charge on any atom is 0.258 e. The topological polar surface area (TPSA) is 95.0 Å². The molecule has 8 heteroatoms. The van der Waals surface area contributed by atoms with Gasteiger partial charge in [-0.05, 0) is 59.5 Å². The molecule has 1 amide bonds. The zero-order valence-corrected chi connectivity index (χ0v) is 17.9. The van der Waals surface area contributed by atoms with Crippen LogP contribution in [0.2, 0.25) is 5.02 Å². The molecule has 2 atom stereocenters. The van der Waals surface area contributed by atoms with E-state index in [-0.39, 0.29) is 17.7 Å². The number of ether oxygens (including phenoxy) is 1. The zero-order chi connectivity index (χ0) is 22.3. The van der Waals surface area contributed by atoms with E-state index >= 15 is 0 Å². The van der Waals surface area contributed by atoms with Crippen molar-refractivity contribution in [1.29, 1.82) is 0 Å². The number of carbonyl (C=O) groups excluding carboxylic acids is 1. The Labute approximate surface area is 191 Å². The number of hydrogen-bond acceptors (Lipinski definition) is 6. The molecule has 3 aromatic rings. The minimum Gasteiger partial charge on any atom is -0.508 e. The van der Waals surface area contributed by atoms with Gasteiger partial charge in [-0.25, -0.2) is 16.3 Å². The molecule has 3 aromatic carbocycles. The van der Waals surface area contributed by atoms with Crippen molar-refractivity contribution in [3.05, 3.63) is 94.5 Å². The highest BCUT2D eigenvalue weighted by Gasteiger charge is 2.30. The van der Waals surface area contributed by atoms with Crippen molar-refractivity contribution in [1.82, 2.24) is 16.3 Å². The lowest BCUT2D eigenvalue weighted by molar-refractivity contribution is -0.122. The van der Waals surface area contributed by atoms with E-state index in [1.807, 2.05) is 48.5 Å². The zero-order valence-electron chi connectivity index (χ0n) is 17.2. The summed E-state index contributed by atoms with van der Waals surface area (Å²) in [6.07, 6.45) is 2.05. The normalized spacial score (nSPS) is 18.0. The number of carbonyl (C=O) groups is 1. The van der Waals surface area contributed by atoms with Crippen LogP contribution in [0.5, 0.6) is 11.5 Å². The lowest BCUT2D eigenvalue weighted by Crippen LogP contribution is -2.41. The Bertz CT molecular complexity index is 1100. The quantitative estimate of drug-likeness (QED) is 0.325. The predicted octanol–water partition coefficient (Wildman–Crippen LogP) is 3.68. The largest absolute Gasteiger partial charge is 0.508 e. The van der Waals surface area contributed by atoms with Gasteiger partial charge in [0.1, 0.15) is 24.1 Å². The third kappa shape index (κ3) is 5.85. The van der Waals surface area contributed by atoms with Gasteiger partial charge in [-0.15, -0.1) is 0 Å². The van der Waals surface area contributed by atoms with E-state index in [9.17, 15) is 9.90 Å². The second kappa shape index (κ2) is 10.3. The number of rotatable bonds is 7. The highest BCUT2D eigenvalue weighted by Crippen LogP contribution is 2.26. The van der Waals surface area contributed by atoms with Crippen LogP contribution in [0.15, 0.2) is 77.9 Å². The van der Waals surface area contributed by atoms with Gasteiger partial charge in [-0.1, -0.05) is 48.0 Å². The Kier molecular flexibility index (Phi) is 7.01. The van der Waals surface area contributed by atoms with Gasteiger partial charge in [0.05, 0.1) is 6.21 Å². The number of halogens is 1. The van der Waals surface area contributed by atoms with E-state index in [1.54, 1.807) is 24.3 Å². The summed E-state index contributed by atoms with van der Waals surface area (Å²) in [6, 6.07) is 21.5. The van der Waals surface area contributed by atoms with Crippen molar-refractivity contribution in [3.8, 4) is 11.5 Å². The number of aromatic hydroxyl groups is 1. The van der Waals surface area contributed by atoms with Crippen LogP contribution in [0.3, 0.4) is 0 Å². The number of nitrogens with one attached hydrogen (secondary N) is 3. The molecular formula is C24H23ClN4O3. The van der Waals surface area contributed by atoms with Gasteiger partial charge in [0.2, 0.25) is 0 Å². The van der Waals surface area contributed by atoms with Crippen molar-refractivity contribution >= 4 is 23.7 Å². The highest BCUT2D eigenvalue weighted by atomic mass is 35.5. The van der Waals surface area contributed by atoms with E-state index in [0.29, 0.717) is 23.6 Å². The van der Waals surface area contributed by atoms with Crippen LogP contribution in [-0.2, 0) is 11.4 Å². The Morgan fingerprint density at radius 3 is 2.75 bits per heavy atom. The molecule has 0 aromatic heterocycles. The Hall–Kier alpha value is -3.39. The Balaban J connectivity index is 1.30. The Morgan fingerprint density at radius 1 is 1.12 bits per heavy atom. The molecule has 0 radical (unpaired) electrons. The summed E-state index contributed by atoms with van der Waals surface area (Å²) in [5.74, 6) is 0.651. The second-order valence-electron chi connectivity index (χ2n) is 7.45. The molecule has 164 valence electrons. The highest BCUT2D eigenvalue weighted by molar-refractivity contribution is 6.30. The van der Waals surface area contributed by atoms with Gasteiger partial charge in [-0.3, -0.25) is 4.79 Å². The fourth-order valence-corrected chi connectivity index (χ4v) is 3.49. The van der Waals surface area contributed by atoms with Crippen LogP contribution < -0.4 is 21.0 Å². The number of hydrogen-bond donors (Lipinski definition) is 4. The van der Waals surface area contributed by atoms with E-state index in [1.165, 1.54) is 6.21 Å². The number of phenolic OH excluding ortho intramolecular Hbond substituents is 1. The molecule has 1 heterocycles. The number of benzene rings is 3. The molecule has 1 aliphatic rings. The molecule has 32 heavy (non-hydrogen) atoms. The molecule has 4 N–H and O–H groups in total. The van der Waals surface area contributed by atoms with Crippen molar-refractivity contribution in [2.24, 2.45) is 5.10 Å². The van der Waals surface area contributed by atoms with Crippen LogP contribution in [-0.4, -0.2) is 23.3 Å². The molecule has 1 fully saturated rings. The first-order chi connectivity index (χ1) is 15.6. The van der Waals surface area contributed by atoms with Crippen LogP contribution in [0, 0.1) is 0 Å². The lowest BCUT2D eigenvalue weighted by Gasteiger charge is -2.12. The molecule has 2 unspecified atom stereocenters. The molecule has 1 aliphatic heterocycles. The molecule has 1 saturated heterocycles. The fourth-order valence-electron chi connectivity index (χ4n) is 3.37. The van der Waals surface area contributed by atoms with Gasteiger partial charge in [0.25, 0.3) is 5.91 Å². The summed E-state index contributed by atoms with van der Waals surface area (Å²) in [7, 11) is 0. The number of phenols is 1. The summed E-state index contributed by atoms with van der Waals surface area (Å²) in [6.45, 7) is 0.444. The molecular weight excluding hydrogens is 428 g/mol. The van der Waals surface area contributed by atoms with E-state index in [2.05, 4.69) is 21.4 Å². The van der Waals surface area contributed by atoms with Crippen molar-refractivity contribution in [2.75, 3.05) is 0 Å². The van der Waals surface area contributed by atoms with Crippen LogP contribution in [0.25, 0.3) is 0 Å². The number of amides is 1. The lowest BCUT2D eigenvalue weighted by atomic mass is 10.0. The summed E-state index contributed by atoms with van der Waals surface area (Å²) in [5.41, 5.74) is 11.4. The van der Waals surface area contributed by atoms with Gasteiger partial charge in [-0.2, -0.15) is 5.10 Å². The minimum absolute atomic E-state index is 0.0418. The van der Waals surface area contributed by atoms with Crippen LogP contribution in [0.1, 0.15) is 29.2 Å². The monoisotopic (exact) mass is 450 g/mol. The maximum absolute atomic E-state index is 12.4. The third-order valence-electron chi connectivity index (χ3n) is 5.06. The van der Waals surface area contributed by atoms with Gasteiger partial charge in [0.15, 0.2) is 0 Å². The average Bonchev–Trinajstić information content (AvgIpc) is 3.30. The van der Waals surface area contributed by atoms with Crippen molar-refractivity contribution < 1.29 is 14.6 Å². The SMILES string of the molecule is O=C(N/N=C\c1cccc(O)c1)C1CC(c2cccc(OCc3ccc(Cl)cc3)c2)NN1. The number of nitrogens with zero attached hydrogens (tertiary/aromatic N) is 1. The van der Waals surface area contributed by atoms with Crippen molar-refractivity contribution in [2.45, 2.75) is 25.1 Å². The molecule has 7 nitrogen and oxygen atoms in total. The first-order valence-electron chi connectivity index (χ1n) is 10.2. The summed E-state index contributed by atoms with van der Waals surface area (Å²) >= 11 is 5.92. The third-order valence-corrected chi connectivity index (χ3v) is 5.31. The van der Waals surface area contributed by atoms with E-state index in [4.69, 9.17) is 16.3 Å². The van der Waals surface area contributed by atoms with Gasteiger partial charge >= 0.3 is 0 Å². The first kappa shape index (κ1) is 21.8. The Morgan fingerprint density at radius 2 is 1.94 bits per heavy atom. The average molecular weight is 451 g/mol. The standard InChI is InChI=1S/C24H23ClN4O3/c25-19-9-7-16(8-10-19)15-32-21-6-2-4-18(12-21)22-13-23(28-27-22)24(31)29-26-14-17-3-1-5-20(30)11-17/h1-12,14,22-23,27-28,30H,13,15H2,(H,29,31)/b26-14-. The predicted molar refractivity (Wildman–Crippen MR) is 123 cm³/mol. The van der Waals surface area contributed by atoms with Crippen LogP contribution in [0.4, 0.5) is 0 Å². The van der Waals surface area contributed by atoms with Gasteiger partial charge in [0, 0.05) is 11.1 Å². The molecule has 0 aliphatic carbocycles. The molecule has 0 spiro atoms. The maximum atomic E-state index is 12.4. The smallest absolute Gasteiger partial charge is 0.258 e. The molecule has 4 rings (SSSR count). The van der Waals surface area contributed by atoms with Gasteiger partial charge < -0.3 is 9.84 Å². The minimum atomic E-state index is -0.431. The first-order valence-corrected chi connectivity index (χ1v) is 10.5. The fraction of sp³-hybridized carbons (Fsp3) is 0.167. The van der Waals surface area contributed by atoms with Crippen molar-refractivity contribution in [3.63, 3.8) is 0 Å². The van der Waals surface area contributed by atoms with E-state index < -0.39 is 6.04 Å². The van der Waals surface area contributed by atoms with E-state index in [0.717, 1.165) is 16.9 Å². The summed E-state index contributed by atoms with van der Waals surface area (Å²) in [5, 5.41) is 14.1. The second-order valence-corrected chi connectivity index (χ2v) is 7.88.